The third-order valence-electron chi connectivity index (χ3n) is 3.52. The summed E-state index contributed by atoms with van der Waals surface area (Å²) in [5, 5.41) is 18.7. The average Bonchev–Trinajstić information content (AvgIpc) is 2.99. The maximum absolute atomic E-state index is 11.6. The molecule has 128 valence electrons. The molecular formula is C18H16ClN3O3. The van der Waals surface area contributed by atoms with E-state index >= 15 is 0 Å². The van der Waals surface area contributed by atoms with Crippen molar-refractivity contribution in [2.45, 2.75) is 13.3 Å². The van der Waals surface area contributed by atoms with Crippen molar-refractivity contribution < 1.29 is 14.6 Å². The van der Waals surface area contributed by atoms with Gasteiger partial charge in [0, 0.05) is 23.8 Å². The van der Waals surface area contributed by atoms with E-state index in [2.05, 4.69) is 10.2 Å². The van der Waals surface area contributed by atoms with E-state index in [-0.39, 0.29) is 6.61 Å². The highest BCUT2D eigenvalue weighted by Gasteiger charge is 2.12. The fourth-order valence-electron chi connectivity index (χ4n) is 2.41. The predicted molar refractivity (Wildman–Crippen MR) is 95.1 cm³/mol. The summed E-state index contributed by atoms with van der Waals surface area (Å²) >= 11 is 5.99. The molecule has 25 heavy (non-hydrogen) atoms. The van der Waals surface area contributed by atoms with Crippen LogP contribution in [0.3, 0.4) is 0 Å². The third-order valence-corrected chi connectivity index (χ3v) is 3.75. The Labute approximate surface area is 149 Å². The molecule has 0 fully saturated rings. The average molecular weight is 358 g/mol. The van der Waals surface area contributed by atoms with Crippen molar-refractivity contribution in [3.63, 3.8) is 0 Å². The smallest absolute Gasteiger partial charge is 0.335 e. The maximum Gasteiger partial charge on any atom is 0.335 e. The molecule has 0 aliphatic rings. The van der Waals surface area contributed by atoms with Gasteiger partial charge in [0.25, 0.3) is 0 Å². The third kappa shape index (κ3) is 3.87. The Kier molecular flexibility index (Phi) is 5.11. The first-order chi connectivity index (χ1) is 12.1. The van der Waals surface area contributed by atoms with Crippen LogP contribution in [0.2, 0.25) is 5.02 Å². The Hall–Kier alpha value is -2.70. The summed E-state index contributed by atoms with van der Waals surface area (Å²) in [5.41, 5.74) is 2.81. The standard InChI is InChI=1S/C18H16ClN3O3/c1-2-3-18(24)25-14-6-4-12(8-9-23)17(11-14)22-20-15-7-5-13(19)10-16(15)21-22/h2-7,10-11,23H,8-9H2,1H3. The number of carbonyl (C=O) groups excluding carboxylic acids is 1. The molecule has 0 aliphatic heterocycles. The van der Waals surface area contributed by atoms with Gasteiger partial charge in [0.05, 0.1) is 5.69 Å². The molecule has 3 aromatic rings. The molecule has 7 heteroatoms. The lowest BCUT2D eigenvalue weighted by molar-refractivity contribution is -0.129. The Morgan fingerprint density at radius 1 is 1.24 bits per heavy atom. The lowest BCUT2D eigenvalue weighted by Crippen LogP contribution is -2.08. The van der Waals surface area contributed by atoms with E-state index in [1.165, 1.54) is 10.9 Å². The Morgan fingerprint density at radius 2 is 2.04 bits per heavy atom. The topological polar surface area (TPSA) is 77.2 Å². The number of nitrogens with zero attached hydrogens (tertiary/aromatic N) is 3. The number of fused-ring (bicyclic) bond motifs is 1. The van der Waals surface area contributed by atoms with E-state index in [1.807, 2.05) is 0 Å². The quantitative estimate of drug-likeness (QED) is 0.431. The normalized spacial score (nSPS) is 11.3. The molecule has 1 N–H and O–H groups in total. The molecule has 6 nitrogen and oxygen atoms in total. The Morgan fingerprint density at radius 3 is 2.80 bits per heavy atom. The van der Waals surface area contributed by atoms with Crippen molar-refractivity contribution in [2.24, 2.45) is 0 Å². The van der Waals surface area contributed by atoms with E-state index in [1.54, 1.807) is 49.4 Å². The zero-order valence-electron chi connectivity index (χ0n) is 13.5. The van der Waals surface area contributed by atoms with E-state index in [0.29, 0.717) is 33.9 Å². The molecule has 0 spiro atoms. The SMILES string of the molecule is CC=CC(=O)Oc1ccc(CCO)c(-n2nc3ccc(Cl)cc3n2)c1. The van der Waals surface area contributed by atoms with Gasteiger partial charge in [0.15, 0.2) is 0 Å². The molecule has 0 aliphatic carbocycles. The zero-order valence-corrected chi connectivity index (χ0v) is 14.3. The molecule has 0 amide bonds. The summed E-state index contributed by atoms with van der Waals surface area (Å²) in [6.45, 7) is 1.72. The maximum atomic E-state index is 11.6. The number of rotatable bonds is 5. The number of ether oxygens (including phenoxy) is 1. The van der Waals surface area contributed by atoms with Crippen molar-refractivity contribution in [1.82, 2.24) is 15.0 Å². The highest BCUT2D eigenvalue weighted by Crippen LogP contribution is 2.23. The minimum absolute atomic E-state index is 0.0165. The lowest BCUT2D eigenvalue weighted by atomic mass is 10.1. The van der Waals surface area contributed by atoms with E-state index < -0.39 is 5.97 Å². The number of allylic oxidation sites excluding steroid dienone is 1. The van der Waals surface area contributed by atoms with Gasteiger partial charge in [-0.15, -0.1) is 15.0 Å². The molecule has 0 saturated heterocycles. The van der Waals surface area contributed by atoms with Crippen LogP contribution in [0.25, 0.3) is 16.7 Å². The van der Waals surface area contributed by atoms with Gasteiger partial charge in [-0.05, 0) is 43.2 Å². The molecule has 0 radical (unpaired) electrons. The van der Waals surface area contributed by atoms with E-state index in [9.17, 15) is 9.90 Å². The van der Waals surface area contributed by atoms with Gasteiger partial charge in [0.2, 0.25) is 0 Å². The summed E-state index contributed by atoms with van der Waals surface area (Å²) < 4.78 is 5.27. The summed E-state index contributed by atoms with van der Waals surface area (Å²) in [4.78, 5) is 13.1. The number of esters is 1. The van der Waals surface area contributed by atoms with Gasteiger partial charge in [-0.3, -0.25) is 0 Å². The molecule has 3 rings (SSSR count). The minimum atomic E-state index is -0.464. The van der Waals surface area contributed by atoms with E-state index in [4.69, 9.17) is 16.3 Å². The number of benzene rings is 2. The van der Waals surface area contributed by atoms with Crippen molar-refractivity contribution in [1.29, 1.82) is 0 Å². The number of aliphatic hydroxyl groups excluding tert-OH is 1. The molecule has 0 saturated carbocycles. The number of halogens is 1. The fourth-order valence-corrected chi connectivity index (χ4v) is 2.57. The van der Waals surface area contributed by atoms with Crippen LogP contribution in [-0.2, 0) is 11.2 Å². The first kappa shape index (κ1) is 17.1. The van der Waals surface area contributed by atoms with Crippen molar-refractivity contribution in [2.75, 3.05) is 6.61 Å². The zero-order chi connectivity index (χ0) is 17.8. The van der Waals surface area contributed by atoms with Crippen LogP contribution in [0.1, 0.15) is 12.5 Å². The monoisotopic (exact) mass is 357 g/mol. The van der Waals surface area contributed by atoms with Crippen LogP contribution in [0.4, 0.5) is 0 Å². The van der Waals surface area contributed by atoms with Gasteiger partial charge in [-0.1, -0.05) is 23.7 Å². The van der Waals surface area contributed by atoms with Crippen LogP contribution in [-0.4, -0.2) is 32.7 Å². The first-order valence-electron chi connectivity index (χ1n) is 7.72. The van der Waals surface area contributed by atoms with Crippen LogP contribution in [0, 0.1) is 0 Å². The number of aliphatic hydroxyl groups is 1. The molecular weight excluding hydrogens is 342 g/mol. The van der Waals surface area contributed by atoms with Crippen LogP contribution < -0.4 is 4.74 Å². The number of hydrogen-bond donors (Lipinski definition) is 1. The van der Waals surface area contributed by atoms with Gasteiger partial charge in [-0.25, -0.2) is 4.79 Å². The van der Waals surface area contributed by atoms with Gasteiger partial charge >= 0.3 is 5.97 Å². The molecule has 2 aromatic carbocycles. The number of carbonyl (C=O) groups is 1. The highest BCUT2D eigenvalue weighted by atomic mass is 35.5. The summed E-state index contributed by atoms with van der Waals surface area (Å²) in [7, 11) is 0. The molecule has 0 bridgehead atoms. The summed E-state index contributed by atoms with van der Waals surface area (Å²) in [6.07, 6.45) is 3.37. The van der Waals surface area contributed by atoms with Crippen molar-refractivity contribution >= 4 is 28.6 Å². The molecule has 0 unspecified atom stereocenters. The number of hydrogen-bond acceptors (Lipinski definition) is 5. The fraction of sp³-hybridized carbons (Fsp3) is 0.167. The lowest BCUT2D eigenvalue weighted by Gasteiger charge is -2.10. The second-order valence-corrected chi connectivity index (χ2v) is 5.74. The van der Waals surface area contributed by atoms with Crippen molar-refractivity contribution in [3.05, 3.63) is 59.1 Å². The van der Waals surface area contributed by atoms with Gasteiger partial charge < -0.3 is 9.84 Å². The van der Waals surface area contributed by atoms with Crippen molar-refractivity contribution in [3.8, 4) is 11.4 Å². The van der Waals surface area contributed by atoms with Crippen LogP contribution in [0.5, 0.6) is 5.75 Å². The van der Waals surface area contributed by atoms with Crippen LogP contribution >= 0.6 is 11.6 Å². The first-order valence-corrected chi connectivity index (χ1v) is 8.10. The Bertz CT molecular complexity index is 950. The summed E-state index contributed by atoms with van der Waals surface area (Å²) in [5.74, 6) is -0.0899. The highest BCUT2D eigenvalue weighted by molar-refractivity contribution is 6.31. The molecule has 0 atom stereocenters. The van der Waals surface area contributed by atoms with E-state index in [0.717, 1.165) is 5.56 Å². The molecule has 1 heterocycles. The van der Waals surface area contributed by atoms with Gasteiger partial charge in [0.1, 0.15) is 16.8 Å². The number of aromatic nitrogens is 3. The van der Waals surface area contributed by atoms with Crippen LogP contribution in [0.15, 0.2) is 48.6 Å². The Balaban J connectivity index is 2.05. The molecule has 1 aromatic heterocycles. The summed E-state index contributed by atoms with van der Waals surface area (Å²) in [6, 6.07) is 10.4. The predicted octanol–water partition coefficient (Wildman–Crippen LogP) is 3.09. The second kappa shape index (κ2) is 7.46. The van der Waals surface area contributed by atoms with Gasteiger partial charge in [-0.2, -0.15) is 0 Å². The minimum Gasteiger partial charge on any atom is -0.423 e. The largest absolute Gasteiger partial charge is 0.423 e. The second-order valence-electron chi connectivity index (χ2n) is 5.31.